The number of para-hydroxylation sites is 1. The molecule has 0 amide bonds. The van der Waals surface area contributed by atoms with E-state index in [0.29, 0.717) is 6.54 Å². The number of nitrogens with one attached hydrogen (secondary N) is 1. The summed E-state index contributed by atoms with van der Waals surface area (Å²) in [6, 6.07) is 10.2. The van der Waals surface area contributed by atoms with Crippen molar-refractivity contribution in [2.75, 3.05) is 13.7 Å². The molecule has 1 aromatic carbocycles. The van der Waals surface area contributed by atoms with Crippen LogP contribution in [-0.4, -0.2) is 54.6 Å². The van der Waals surface area contributed by atoms with Crippen LogP contribution in [0.3, 0.4) is 0 Å². The Bertz CT molecular complexity index is 828. The first-order valence-electron chi connectivity index (χ1n) is 8.34. The molecule has 130 valence electrons. The number of H-pyrrole nitrogens is 1. The van der Waals surface area contributed by atoms with E-state index in [9.17, 15) is 0 Å². The minimum absolute atomic E-state index is 0.107. The SMILES string of the molecule is CO[C@@H]1C[C@@H](c2n[nH]c(C)n2)N(Cc2nncn2-c2ccccc2)C1. The van der Waals surface area contributed by atoms with Crippen LogP contribution in [0.25, 0.3) is 5.69 Å². The molecule has 8 heteroatoms. The molecule has 2 aromatic heterocycles. The zero-order chi connectivity index (χ0) is 17.2. The van der Waals surface area contributed by atoms with Gasteiger partial charge in [0.1, 0.15) is 12.2 Å². The molecule has 1 aliphatic heterocycles. The number of benzene rings is 1. The Morgan fingerprint density at radius 1 is 1.28 bits per heavy atom. The Hall–Kier alpha value is -2.58. The van der Waals surface area contributed by atoms with Gasteiger partial charge in [0.15, 0.2) is 11.6 Å². The molecular weight excluding hydrogens is 318 g/mol. The largest absolute Gasteiger partial charge is 0.380 e. The fraction of sp³-hybridized carbons (Fsp3) is 0.412. The fourth-order valence-electron chi connectivity index (χ4n) is 3.34. The molecule has 0 unspecified atom stereocenters. The van der Waals surface area contributed by atoms with E-state index in [-0.39, 0.29) is 12.1 Å². The van der Waals surface area contributed by atoms with Crippen molar-refractivity contribution in [3.8, 4) is 5.69 Å². The Kier molecular flexibility index (Phi) is 4.29. The number of methoxy groups -OCH3 is 1. The first-order valence-corrected chi connectivity index (χ1v) is 8.34. The lowest BCUT2D eigenvalue weighted by Crippen LogP contribution is -2.27. The number of aromatic nitrogens is 6. The summed E-state index contributed by atoms with van der Waals surface area (Å²) >= 11 is 0. The lowest BCUT2D eigenvalue weighted by molar-refractivity contribution is 0.107. The van der Waals surface area contributed by atoms with E-state index in [1.54, 1.807) is 13.4 Å². The second-order valence-electron chi connectivity index (χ2n) is 6.27. The van der Waals surface area contributed by atoms with Crippen LogP contribution in [0, 0.1) is 6.92 Å². The Labute approximate surface area is 145 Å². The molecule has 3 aromatic rings. The fourth-order valence-corrected chi connectivity index (χ4v) is 3.34. The average Bonchev–Trinajstić information content (AvgIpc) is 3.36. The first-order chi connectivity index (χ1) is 12.2. The van der Waals surface area contributed by atoms with Crippen LogP contribution < -0.4 is 0 Å². The molecule has 0 radical (unpaired) electrons. The summed E-state index contributed by atoms with van der Waals surface area (Å²) < 4.78 is 7.60. The Morgan fingerprint density at radius 2 is 2.12 bits per heavy atom. The van der Waals surface area contributed by atoms with Crippen molar-refractivity contribution in [1.82, 2.24) is 34.8 Å². The highest BCUT2D eigenvalue weighted by atomic mass is 16.5. The van der Waals surface area contributed by atoms with Crippen molar-refractivity contribution in [3.63, 3.8) is 0 Å². The van der Waals surface area contributed by atoms with E-state index in [0.717, 1.165) is 36.1 Å². The van der Waals surface area contributed by atoms with Crippen molar-refractivity contribution in [2.45, 2.75) is 32.0 Å². The highest BCUT2D eigenvalue weighted by Gasteiger charge is 2.36. The number of rotatable bonds is 5. The highest BCUT2D eigenvalue weighted by Crippen LogP contribution is 2.32. The number of aromatic amines is 1. The van der Waals surface area contributed by atoms with Gasteiger partial charge in [0.2, 0.25) is 0 Å². The molecule has 1 saturated heterocycles. The molecule has 1 fully saturated rings. The maximum absolute atomic E-state index is 5.58. The first kappa shape index (κ1) is 15.9. The van der Waals surface area contributed by atoms with Gasteiger partial charge < -0.3 is 4.74 Å². The minimum Gasteiger partial charge on any atom is -0.380 e. The summed E-state index contributed by atoms with van der Waals surface area (Å²) in [5.41, 5.74) is 1.05. The number of hydrogen-bond donors (Lipinski definition) is 1. The molecule has 1 aliphatic rings. The third-order valence-electron chi connectivity index (χ3n) is 4.61. The summed E-state index contributed by atoms with van der Waals surface area (Å²) in [6.07, 6.45) is 2.78. The Balaban J connectivity index is 1.60. The van der Waals surface area contributed by atoms with Crippen LogP contribution in [0.2, 0.25) is 0 Å². The van der Waals surface area contributed by atoms with Gasteiger partial charge in [-0.1, -0.05) is 18.2 Å². The number of ether oxygens (including phenoxy) is 1. The molecule has 2 atom stereocenters. The lowest BCUT2D eigenvalue weighted by Gasteiger charge is -2.21. The smallest absolute Gasteiger partial charge is 0.167 e. The van der Waals surface area contributed by atoms with E-state index in [1.807, 2.05) is 41.8 Å². The predicted molar refractivity (Wildman–Crippen MR) is 91.0 cm³/mol. The number of nitrogens with zero attached hydrogens (tertiary/aromatic N) is 6. The van der Waals surface area contributed by atoms with Crippen LogP contribution >= 0.6 is 0 Å². The summed E-state index contributed by atoms with van der Waals surface area (Å²) in [4.78, 5) is 6.82. The second kappa shape index (κ2) is 6.73. The molecule has 0 aliphatic carbocycles. The number of hydrogen-bond acceptors (Lipinski definition) is 6. The van der Waals surface area contributed by atoms with Crippen molar-refractivity contribution >= 4 is 0 Å². The molecule has 8 nitrogen and oxygen atoms in total. The van der Waals surface area contributed by atoms with Gasteiger partial charge in [0, 0.05) is 19.3 Å². The van der Waals surface area contributed by atoms with Crippen LogP contribution in [-0.2, 0) is 11.3 Å². The normalized spacial score (nSPS) is 21.0. The molecule has 0 spiro atoms. The molecule has 3 heterocycles. The van der Waals surface area contributed by atoms with Gasteiger partial charge in [0.25, 0.3) is 0 Å². The summed E-state index contributed by atoms with van der Waals surface area (Å²) in [5, 5.41) is 15.7. The molecule has 4 rings (SSSR count). The zero-order valence-corrected chi connectivity index (χ0v) is 14.3. The maximum atomic E-state index is 5.58. The zero-order valence-electron chi connectivity index (χ0n) is 14.3. The van der Waals surface area contributed by atoms with Crippen molar-refractivity contribution in [2.24, 2.45) is 0 Å². The van der Waals surface area contributed by atoms with E-state index < -0.39 is 0 Å². The monoisotopic (exact) mass is 339 g/mol. The second-order valence-corrected chi connectivity index (χ2v) is 6.27. The topological polar surface area (TPSA) is 84.8 Å². The van der Waals surface area contributed by atoms with Crippen LogP contribution in [0.5, 0.6) is 0 Å². The molecule has 0 bridgehead atoms. The van der Waals surface area contributed by atoms with Crippen LogP contribution in [0.1, 0.15) is 29.9 Å². The predicted octanol–water partition coefficient (Wildman–Crippen LogP) is 1.66. The summed E-state index contributed by atoms with van der Waals surface area (Å²) in [6.45, 7) is 3.39. The van der Waals surface area contributed by atoms with Gasteiger partial charge in [-0.25, -0.2) is 4.98 Å². The van der Waals surface area contributed by atoms with E-state index in [1.165, 1.54) is 0 Å². The van der Waals surface area contributed by atoms with Gasteiger partial charge in [-0.05, 0) is 25.5 Å². The summed E-state index contributed by atoms with van der Waals surface area (Å²) in [5.74, 6) is 2.52. The minimum atomic E-state index is 0.107. The average molecular weight is 339 g/mol. The number of aryl methyl sites for hydroxylation is 1. The van der Waals surface area contributed by atoms with Gasteiger partial charge in [0.05, 0.1) is 18.7 Å². The Morgan fingerprint density at radius 3 is 2.84 bits per heavy atom. The van der Waals surface area contributed by atoms with E-state index >= 15 is 0 Å². The quantitative estimate of drug-likeness (QED) is 0.761. The molecular formula is C17H21N7O. The van der Waals surface area contributed by atoms with Crippen LogP contribution in [0.15, 0.2) is 36.7 Å². The van der Waals surface area contributed by atoms with Gasteiger partial charge in [-0.2, -0.15) is 5.10 Å². The lowest BCUT2D eigenvalue weighted by atomic mass is 10.2. The number of likely N-dealkylation sites (tertiary alicyclic amines) is 1. The maximum Gasteiger partial charge on any atom is 0.167 e. The highest BCUT2D eigenvalue weighted by molar-refractivity contribution is 5.32. The van der Waals surface area contributed by atoms with Crippen molar-refractivity contribution in [3.05, 3.63) is 54.1 Å². The standard InChI is InChI=1S/C17H21N7O/c1-12-19-17(22-20-12)15-8-14(25-2)9-23(15)10-16-21-18-11-24(16)13-6-4-3-5-7-13/h3-7,11,14-15H,8-10H2,1-2H3,(H,19,20,22)/t14-,15+/m1/s1. The molecule has 1 N–H and O–H groups in total. The van der Waals surface area contributed by atoms with Crippen molar-refractivity contribution in [1.29, 1.82) is 0 Å². The summed E-state index contributed by atoms with van der Waals surface area (Å²) in [7, 11) is 1.75. The van der Waals surface area contributed by atoms with Gasteiger partial charge in [-0.3, -0.25) is 14.6 Å². The van der Waals surface area contributed by atoms with E-state index in [4.69, 9.17) is 4.74 Å². The van der Waals surface area contributed by atoms with Crippen LogP contribution in [0.4, 0.5) is 0 Å². The third-order valence-corrected chi connectivity index (χ3v) is 4.61. The van der Waals surface area contributed by atoms with E-state index in [2.05, 4.69) is 30.3 Å². The van der Waals surface area contributed by atoms with Crippen molar-refractivity contribution < 1.29 is 4.74 Å². The molecule has 25 heavy (non-hydrogen) atoms. The van der Waals surface area contributed by atoms with Gasteiger partial charge >= 0.3 is 0 Å². The third kappa shape index (κ3) is 3.18. The van der Waals surface area contributed by atoms with Gasteiger partial charge in [-0.15, -0.1) is 10.2 Å². The molecule has 0 saturated carbocycles.